The summed E-state index contributed by atoms with van der Waals surface area (Å²) >= 11 is 0. The summed E-state index contributed by atoms with van der Waals surface area (Å²) in [5.74, 6) is -1.30. The predicted molar refractivity (Wildman–Crippen MR) is 181 cm³/mol. The summed E-state index contributed by atoms with van der Waals surface area (Å²) in [5, 5.41) is 17.4. The van der Waals surface area contributed by atoms with E-state index in [0.717, 1.165) is 17.0 Å². The molecule has 0 saturated carbocycles. The Morgan fingerprint density at radius 2 is 2.00 bits per heavy atom. The predicted octanol–water partition coefficient (Wildman–Crippen LogP) is 4.59. The Labute approximate surface area is 288 Å². The van der Waals surface area contributed by atoms with Gasteiger partial charge in [0, 0.05) is 43.9 Å². The van der Waals surface area contributed by atoms with Gasteiger partial charge in [0.1, 0.15) is 30.4 Å². The number of aliphatic hydroxyl groups excluding tert-OH is 1. The van der Waals surface area contributed by atoms with Crippen molar-refractivity contribution in [2.75, 3.05) is 25.0 Å². The van der Waals surface area contributed by atoms with Gasteiger partial charge in [0.15, 0.2) is 11.6 Å². The van der Waals surface area contributed by atoms with E-state index in [4.69, 9.17) is 13.9 Å². The van der Waals surface area contributed by atoms with Gasteiger partial charge >= 0.3 is 12.1 Å². The van der Waals surface area contributed by atoms with E-state index in [1.54, 1.807) is 37.4 Å². The van der Waals surface area contributed by atoms with E-state index in [2.05, 4.69) is 20.6 Å². The third-order valence-electron chi connectivity index (χ3n) is 8.17. The number of halogens is 1. The van der Waals surface area contributed by atoms with Crippen LogP contribution in [0.1, 0.15) is 55.4 Å². The first-order valence-electron chi connectivity index (χ1n) is 16.5. The first-order valence-corrected chi connectivity index (χ1v) is 16.5. The lowest BCUT2D eigenvalue weighted by molar-refractivity contribution is -0.154. The number of allylic oxidation sites excluding steroid dienone is 2. The molecule has 264 valence electrons. The molecule has 1 fully saturated rings. The van der Waals surface area contributed by atoms with Crippen molar-refractivity contribution in [2.24, 2.45) is 0 Å². The van der Waals surface area contributed by atoms with Crippen LogP contribution in [-0.4, -0.2) is 88.0 Å². The number of oxazole rings is 1. The molecule has 50 heavy (non-hydrogen) atoms. The van der Waals surface area contributed by atoms with Crippen LogP contribution in [0.3, 0.4) is 0 Å². The number of nitrogens with one attached hydrogen (secondary N) is 2. The van der Waals surface area contributed by atoms with E-state index in [9.17, 15) is 28.7 Å². The largest absolute Gasteiger partial charge is 0.460 e. The highest BCUT2D eigenvalue weighted by molar-refractivity contribution is 5.95. The second-order valence-corrected chi connectivity index (χ2v) is 12.1. The molecule has 14 heteroatoms. The number of ether oxygens (including phenoxy) is 2. The smallest absolute Gasteiger partial charge is 0.412 e. The fourth-order valence-electron chi connectivity index (χ4n) is 5.70. The average Bonchev–Trinajstić information content (AvgIpc) is 3.76. The second kappa shape index (κ2) is 17.3. The molecule has 2 aliphatic heterocycles. The minimum absolute atomic E-state index is 0.00612. The fraction of sp³-hybridized carbons (Fsp3) is 0.389. The molecule has 2 aromatic heterocycles. The highest BCUT2D eigenvalue weighted by Gasteiger charge is 2.38. The molecule has 0 aliphatic carbocycles. The Morgan fingerprint density at radius 3 is 2.84 bits per heavy atom. The number of rotatable bonds is 4. The summed E-state index contributed by atoms with van der Waals surface area (Å²) in [6.07, 6.45) is 7.06. The van der Waals surface area contributed by atoms with E-state index in [0.29, 0.717) is 24.2 Å². The maximum atomic E-state index is 14.8. The number of hydrogen-bond acceptors (Lipinski definition) is 10. The van der Waals surface area contributed by atoms with Gasteiger partial charge in [0.05, 0.1) is 19.1 Å². The van der Waals surface area contributed by atoms with Crippen molar-refractivity contribution >= 4 is 40.5 Å². The number of pyridine rings is 1. The Balaban J connectivity index is 1.26. The molecule has 3 aromatic rings. The summed E-state index contributed by atoms with van der Waals surface area (Å²) in [6, 6.07) is 8.38. The molecule has 1 aromatic carbocycles. The van der Waals surface area contributed by atoms with E-state index < -0.39 is 48.3 Å². The van der Waals surface area contributed by atoms with E-state index in [1.165, 1.54) is 17.1 Å². The fourth-order valence-corrected chi connectivity index (χ4v) is 5.70. The van der Waals surface area contributed by atoms with Crippen LogP contribution in [0.25, 0.3) is 10.8 Å². The second-order valence-electron chi connectivity index (χ2n) is 12.1. The van der Waals surface area contributed by atoms with Crippen LogP contribution >= 0.6 is 0 Å². The zero-order valence-corrected chi connectivity index (χ0v) is 27.6. The third kappa shape index (κ3) is 10.3. The van der Waals surface area contributed by atoms with Crippen LogP contribution in [0.2, 0.25) is 0 Å². The maximum Gasteiger partial charge on any atom is 0.412 e. The molecular weight excluding hydrogens is 649 g/mol. The molecule has 2 aliphatic rings. The first-order chi connectivity index (χ1) is 24.1. The number of fused-ring (bicyclic) bond motifs is 4. The van der Waals surface area contributed by atoms with Gasteiger partial charge in [-0.05, 0) is 37.3 Å². The first kappa shape index (κ1) is 35.9. The molecule has 0 radical (unpaired) electrons. The van der Waals surface area contributed by atoms with Crippen LogP contribution in [-0.2, 0) is 25.5 Å². The molecular formula is C36H40FN5O8. The lowest BCUT2D eigenvalue weighted by Crippen LogP contribution is -2.42. The van der Waals surface area contributed by atoms with E-state index >= 15 is 0 Å². The van der Waals surface area contributed by atoms with Crippen molar-refractivity contribution in [1.29, 1.82) is 0 Å². The molecule has 5 rings (SSSR count). The van der Waals surface area contributed by atoms with Crippen molar-refractivity contribution in [2.45, 2.75) is 69.9 Å². The number of benzene rings is 1. The Bertz CT molecular complexity index is 1770. The number of aromatic nitrogens is 2. The maximum absolute atomic E-state index is 14.8. The number of nitrogens with zero attached hydrogens (tertiary/aromatic N) is 3. The van der Waals surface area contributed by atoms with Crippen molar-refractivity contribution < 1.29 is 42.6 Å². The number of cyclic esters (lactones) is 1. The highest BCUT2D eigenvalue weighted by atomic mass is 19.1. The number of aliphatic hydroxyl groups is 1. The Morgan fingerprint density at radius 1 is 1.18 bits per heavy atom. The van der Waals surface area contributed by atoms with Gasteiger partial charge in [0.25, 0.3) is 5.91 Å². The minimum Gasteiger partial charge on any atom is -0.460 e. The van der Waals surface area contributed by atoms with Crippen molar-refractivity contribution in [3.8, 4) is 0 Å². The molecule has 3 N–H and O–H groups in total. The van der Waals surface area contributed by atoms with Crippen LogP contribution in [0.4, 0.5) is 15.0 Å². The van der Waals surface area contributed by atoms with Gasteiger partial charge in [-0.1, -0.05) is 54.1 Å². The molecule has 2 bridgehead atoms. The third-order valence-corrected chi connectivity index (χ3v) is 8.17. The summed E-state index contributed by atoms with van der Waals surface area (Å²) in [4.78, 5) is 61.5. The lowest BCUT2D eigenvalue weighted by atomic mass is 10.1. The van der Waals surface area contributed by atoms with Crippen molar-refractivity contribution in [3.63, 3.8) is 0 Å². The highest BCUT2D eigenvalue weighted by Crippen LogP contribution is 2.24. The molecule has 4 heterocycles. The van der Waals surface area contributed by atoms with Gasteiger partial charge in [0.2, 0.25) is 5.91 Å². The van der Waals surface area contributed by atoms with E-state index in [-0.39, 0.29) is 57.0 Å². The number of anilines is 1. The standard InChI is InChI=1S/C36H40FN5O8/c1-23-7-5-14-38-32(44)12-4-10-28(13-16-48-36(47)41-31-18-24-8-2-3-9-25(24)21-39-31)50-35(46)30-11-6-15-42(30)34(45)29-22-49-33(40-29)20-26(37)19-27(43)17-23/h2-5,7-9,12,17-18,21-22,26-28,30,43H,6,10-11,13-16,19-20H2,1H3,(H,38,44)(H,39,41,47)/b7-5+,12-4+,23-17+. The molecule has 4 atom stereocenters. The molecule has 4 unspecified atom stereocenters. The van der Waals surface area contributed by atoms with Crippen LogP contribution in [0.5, 0.6) is 0 Å². The summed E-state index contributed by atoms with van der Waals surface area (Å²) < 4.78 is 31.3. The van der Waals surface area contributed by atoms with Crippen LogP contribution < -0.4 is 10.6 Å². The number of amides is 3. The average molecular weight is 690 g/mol. The van der Waals surface area contributed by atoms with E-state index in [1.807, 2.05) is 24.3 Å². The lowest BCUT2D eigenvalue weighted by Gasteiger charge is -2.25. The van der Waals surface area contributed by atoms with Crippen molar-refractivity contribution in [1.82, 2.24) is 20.2 Å². The van der Waals surface area contributed by atoms with Crippen LogP contribution in [0.15, 0.2) is 83.2 Å². The monoisotopic (exact) mass is 689 g/mol. The van der Waals surface area contributed by atoms with Crippen LogP contribution in [0, 0.1) is 0 Å². The zero-order chi connectivity index (χ0) is 35.5. The van der Waals surface area contributed by atoms with Gasteiger partial charge in [-0.3, -0.25) is 14.9 Å². The summed E-state index contributed by atoms with van der Waals surface area (Å²) in [5.41, 5.74) is 0.601. The summed E-state index contributed by atoms with van der Waals surface area (Å²) in [7, 11) is 0. The summed E-state index contributed by atoms with van der Waals surface area (Å²) in [6.45, 7) is 2.09. The van der Waals surface area contributed by atoms with Gasteiger partial charge in [-0.25, -0.2) is 23.9 Å². The van der Waals surface area contributed by atoms with Gasteiger partial charge < -0.3 is 29.2 Å². The SMILES string of the molecule is CC1=C\C(O)CC(F)Cc2nc(co2)C(=O)N2CCCC2C(=O)OC(CCOC(=O)Nc2cc3ccccc3cn2)C/C=C/C(=O)NC\C=C\1. The quantitative estimate of drug-likeness (QED) is 0.329. The number of esters is 1. The number of alkyl halides is 1. The minimum atomic E-state index is -1.50. The normalized spacial score (nSPS) is 25.1. The molecule has 13 nitrogen and oxygen atoms in total. The van der Waals surface area contributed by atoms with Gasteiger partial charge in [-0.2, -0.15) is 0 Å². The zero-order valence-electron chi connectivity index (χ0n) is 27.6. The van der Waals surface area contributed by atoms with Gasteiger partial charge in [-0.15, -0.1) is 0 Å². The van der Waals surface area contributed by atoms with Crippen molar-refractivity contribution in [3.05, 3.63) is 90.3 Å². The topological polar surface area (TPSA) is 173 Å². The Hall–Kier alpha value is -5.37. The molecule has 0 spiro atoms. The molecule has 1 saturated heterocycles. The molecule has 3 amide bonds. The Kier molecular flexibility index (Phi) is 12.5. The number of carbonyl (C=O) groups excluding carboxylic acids is 4. The number of hydrogen-bond donors (Lipinski definition) is 3. The number of carbonyl (C=O) groups is 4.